The summed E-state index contributed by atoms with van der Waals surface area (Å²) in [4.78, 5) is 17.6. The standard InChI is InChI=1S/C23H27N3O6/c1-28-18-10-15(11-19(13-18)29-2)22(27)26-23(24-14-17-4-3-7-30-17)25-16-5-6-20-21(12-16)32-9-8-31-20/h5-6,10-13,17H,3-4,7-9,14H2,1-2H3,(H2,24,25,26,27)/t17-/m0/s1. The van der Waals surface area contributed by atoms with Crippen LogP contribution >= 0.6 is 0 Å². The number of hydrogen-bond acceptors (Lipinski definition) is 7. The van der Waals surface area contributed by atoms with Crippen LogP contribution in [0.25, 0.3) is 0 Å². The van der Waals surface area contributed by atoms with Crippen molar-refractivity contribution in [2.24, 2.45) is 4.99 Å². The van der Waals surface area contributed by atoms with Gasteiger partial charge < -0.3 is 29.0 Å². The third-order valence-electron chi connectivity index (χ3n) is 5.13. The number of nitrogens with one attached hydrogen (secondary N) is 2. The van der Waals surface area contributed by atoms with Gasteiger partial charge in [0.25, 0.3) is 5.91 Å². The van der Waals surface area contributed by atoms with Crippen molar-refractivity contribution in [1.29, 1.82) is 0 Å². The Morgan fingerprint density at radius 3 is 2.47 bits per heavy atom. The number of hydrogen-bond donors (Lipinski definition) is 2. The van der Waals surface area contributed by atoms with Crippen LogP contribution in [0.3, 0.4) is 0 Å². The van der Waals surface area contributed by atoms with Crippen LogP contribution in [0.15, 0.2) is 41.4 Å². The lowest BCUT2D eigenvalue weighted by Crippen LogP contribution is -2.36. The van der Waals surface area contributed by atoms with Gasteiger partial charge in [0, 0.05) is 30.0 Å². The monoisotopic (exact) mass is 441 g/mol. The number of benzene rings is 2. The smallest absolute Gasteiger partial charge is 0.258 e. The molecule has 2 aromatic rings. The van der Waals surface area contributed by atoms with E-state index in [9.17, 15) is 4.79 Å². The Kier molecular flexibility index (Phi) is 6.96. The Morgan fingerprint density at radius 2 is 1.78 bits per heavy atom. The highest BCUT2D eigenvalue weighted by molar-refractivity contribution is 6.10. The summed E-state index contributed by atoms with van der Waals surface area (Å²) in [5.41, 5.74) is 1.10. The number of rotatable bonds is 6. The van der Waals surface area contributed by atoms with Crippen molar-refractivity contribution in [2.45, 2.75) is 18.9 Å². The lowest BCUT2D eigenvalue weighted by atomic mass is 10.2. The number of methoxy groups -OCH3 is 2. The first kappa shape index (κ1) is 21.8. The number of nitrogens with zero attached hydrogens (tertiary/aromatic N) is 1. The van der Waals surface area contributed by atoms with E-state index in [1.165, 1.54) is 14.2 Å². The van der Waals surface area contributed by atoms with Gasteiger partial charge >= 0.3 is 0 Å². The fourth-order valence-electron chi connectivity index (χ4n) is 3.47. The summed E-state index contributed by atoms with van der Waals surface area (Å²) in [6.45, 7) is 2.19. The van der Waals surface area contributed by atoms with E-state index in [1.807, 2.05) is 18.2 Å². The predicted octanol–water partition coefficient (Wildman–Crippen LogP) is 2.85. The molecule has 170 valence electrons. The zero-order valence-corrected chi connectivity index (χ0v) is 18.2. The molecular formula is C23H27N3O6. The summed E-state index contributed by atoms with van der Waals surface area (Å²) < 4.78 is 27.4. The molecule has 0 radical (unpaired) electrons. The average Bonchev–Trinajstić information content (AvgIpc) is 3.35. The fourth-order valence-corrected chi connectivity index (χ4v) is 3.47. The molecule has 0 aromatic heterocycles. The van der Waals surface area contributed by atoms with E-state index in [0.29, 0.717) is 60.0 Å². The average molecular weight is 441 g/mol. The van der Waals surface area contributed by atoms with E-state index in [-0.39, 0.29) is 12.0 Å². The topological polar surface area (TPSA) is 99.6 Å². The maximum Gasteiger partial charge on any atom is 0.258 e. The highest BCUT2D eigenvalue weighted by Crippen LogP contribution is 2.32. The van der Waals surface area contributed by atoms with Crippen LogP contribution in [0.2, 0.25) is 0 Å². The van der Waals surface area contributed by atoms with Crippen LogP contribution in [0, 0.1) is 0 Å². The molecule has 1 fully saturated rings. The minimum absolute atomic E-state index is 0.0425. The minimum atomic E-state index is -0.349. The molecule has 0 saturated carbocycles. The molecule has 2 aliphatic heterocycles. The Morgan fingerprint density at radius 1 is 1.03 bits per heavy atom. The largest absolute Gasteiger partial charge is 0.497 e. The number of guanidine groups is 1. The molecular weight excluding hydrogens is 414 g/mol. The molecule has 0 aliphatic carbocycles. The second kappa shape index (κ2) is 10.2. The lowest BCUT2D eigenvalue weighted by molar-refractivity contribution is 0.0975. The van der Waals surface area contributed by atoms with Gasteiger partial charge in [0.05, 0.1) is 26.9 Å². The summed E-state index contributed by atoms with van der Waals surface area (Å²) >= 11 is 0. The minimum Gasteiger partial charge on any atom is -0.497 e. The molecule has 1 saturated heterocycles. The molecule has 4 rings (SSSR count). The van der Waals surface area contributed by atoms with Gasteiger partial charge in [-0.05, 0) is 37.1 Å². The van der Waals surface area contributed by atoms with Crippen LogP contribution in [-0.2, 0) is 4.74 Å². The van der Waals surface area contributed by atoms with E-state index >= 15 is 0 Å². The number of aliphatic imine (C=N–C) groups is 1. The van der Waals surface area contributed by atoms with Crippen molar-refractivity contribution in [3.05, 3.63) is 42.0 Å². The Hall–Kier alpha value is -3.46. The Bertz CT molecular complexity index is 965. The molecule has 2 heterocycles. The highest BCUT2D eigenvalue weighted by atomic mass is 16.6. The molecule has 9 heteroatoms. The quantitative estimate of drug-likeness (QED) is 0.525. The maximum atomic E-state index is 13.0. The maximum absolute atomic E-state index is 13.0. The second-order valence-corrected chi connectivity index (χ2v) is 7.36. The molecule has 1 atom stereocenters. The third kappa shape index (κ3) is 5.42. The third-order valence-corrected chi connectivity index (χ3v) is 5.13. The summed E-state index contributed by atoms with van der Waals surface area (Å²) in [6.07, 6.45) is 2.00. The van der Waals surface area contributed by atoms with E-state index in [0.717, 1.165) is 19.4 Å². The molecule has 2 N–H and O–H groups in total. The number of fused-ring (bicyclic) bond motifs is 1. The molecule has 32 heavy (non-hydrogen) atoms. The van der Waals surface area contributed by atoms with Crippen LogP contribution in [-0.4, -0.2) is 58.6 Å². The zero-order valence-electron chi connectivity index (χ0n) is 18.2. The normalized spacial score (nSPS) is 17.6. The summed E-state index contributed by atoms with van der Waals surface area (Å²) in [7, 11) is 3.07. The van der Waals surface area contributed by atoms with Gasteiger partial charge in [-0.2, -0.15) is 0 Å². The SMILES string of the molecule is COc1cc(OC)cc(C(=O)NC(=NC[C@@H]2CCCO2)Nc2ccc3c(c2)OCCO3)c1. The van der Waals surface area contributed by atoms with Crippen molar-refractivity contribution in [3.63, 3.8) is 0 Å². The van der Waals surface area contributed by atoms with E-state index in [2.05, 4.69) is 15.6 Å². The number of anilines is 1. The van der Waals surface area contributed by atoms with Gasteiger partial charge in [-0.25, -0.2) is 4.99 Å². The molecule has 1 amide bonds. The summed E-state index contributed by atoms with van der Waals surface area (Å²) in [5.74, 6) is 2.33. The Labute approximate surface area is 186 Å². The van der Waals surface area contributed by atoms with Crippen molar-refractivity contribution in [1.82, 2.24) is 5.32 Å². The molecule has 2 aromatic carbocycles. The first-order valence-corrected chi connectivity index (χ1v) is 10.5. The van der Waals surface area contributed by atoms with E-state index in [4.69, 9.17) is 23.7 Å². The van der Waals surface area contributed by atoms with Gasteiger partial charge in [0.15, 0.2) is 11.5 Å². The molecule has 9 nitrogen and oxygen atoms in total. The lowest BCUT2D eigenvalue weighted by Gasteiger charge is -2.20. The van der Waals surface area contributed by atoms with Gasteiger partial charge in [0.1, 0.15) is 24.7 Å². The van der Waals surface area contributed by atoms with Gasteiger partial charge in [-0.15, -0.1) is 0 Å². The molecule has 0 unspecified atom stereocenters. The van der Waals surface area contributed by atoms with E-state index in [1.54, 1.807) is 18.2 Å². The number of carbonyl (C=O) groups excluding carboxylic acids is 1. The van der Waals surface area contributed by atoms with E-state index < -0.39 is 0 Å². The first-order valence-electron chi connectivity index (χ1n) is 10.5. The van der Waals surface area contributed by atoms with Gasteiger partial charge in [-0.1, -0.05) is 0 Å². The summed E-state index contributed by atoms with van der Waals surface area (Å²) in [6, 6.07) is 10.5. The molecule has 2 aliphatic rings. The van der Waals surface area contributed by atoms with Crippen LogP contribution in [0.1, 0.15) is 23.2 Å². The van der Waals surface area contributed by atoms with Crippen LogP contribution in [0.5, 0.6) is 23.0 Å². The number of amides is 1. The summed E-state index contributed by atoms with van der Waals surface area (Å²) in [5, 5.41) is 6.03. The first-order chi connectivity index (χ1) is 15.6. The van der Waals surface area contributed by atoms with Crippen molar-refractivity contribution < 1.29 is 28.5 Å². The predicted molar refractivity (Wildman–Crippen MR) is 119 cm³/mol. The Balaban J connectivity index is 1.54. The van der Waals surface area contributed by atoms with Crippen molar-refractivity contribution in [3.8, 4) is 23.0 Å². The molecule has 0 bridgehead atoms. The zero-order chi connectivity index (χ0) is 22.3. The van der Waals surface area contributed by atoms with Crippen molar-refractivity contribution in [2.75, 3.05) is 45.9 Å². The fraction of sp³-hybridized carbons (Fsp3) is 0.391. The highest BCUT2D eigenvalue weighted by Gasteiger charge is 2.18. The number of ether oxygens (including phenoxy) is 5. The van der Waals surface area contributed by atoms with Gasteiger partial charge in [-0.3, -0.25) is 10.1 Å². The van der Waals surface area contributed by atoms with Crippen molar-refractivity contribution >= 4 is 17.6 Å². The van der Waals surface area contributed by atoms with Crippen LogP contribution < -0.4 is 29.6 Å². The second-order valence-electron chi connectivity index (χ2n) is 7.36. The van der Waals surface area contributed by atoms with Gasteiger partial charge in [0.2, 0.25) is 5.96 Å². The molecule has 0 spiro atoms. The van der Waals surface area contributed by atoms with Crippen LogP contribution in [0.4, 0.5) is 5.69 Å². The number of carbonyl (C=O) groups is 1.